The molecule has 3 heteroatoms. The minimum atomic E-state index is -1.10. The lowest BCUT2D eigenvalue weighted by Crippen LogP contribution is -2.10. The molecule has 2 aromatic rings. The van der Waals surface area contributed by atoms with Crippen molar-refractivity contribution < 1.29 is 4.21 Å². The first-order chi connectivity index (χ1) is 6.81. The van der Waals surface area contributed by atoms with Crippen molar-refractivity contribution >= 4 is 21.8 Å². The molecule has 0 saturated heterocycles. The first-order valence-corrected chi connectivity index (χ1v) is 5.54. The van der Waals surface area contributed by atoms with Crippen LogP contribution in [-0.2, 0) is 11.0 Å². The highest BCUT2D eigenvalue weighted by atomic mass is 32.2. The molecule has 0 heterocycles. The van der Waals surface area contributed by atoms with Crippen LogP contribution >= 0.6 is 0 Å². The SMILES string of the molecule is CNS(=O)c1ccc2ccccc2c1. The van der Waals surface area contributed by atoms with Gasteiger partial charge in [-0.15, -0.1) is 0 Å². The van der Waals surface area contributed by atoms with Gasteiger partial charge in [-0.3, -0.25) is 0 Å². The second kappa shape index (κ2) is 3.90. The molecule has 72 valence electrons. The van der Waals surface area contributed by atoms with Gasteiger partial charge in [-0.1, -0.05) is 30.3 Å². The number of nitrogens with one attached hydrogen (secondary N) is 1. The standard InChI is InChI=1S/C11H11NOS/c1-12-14(13)11-7-6-9-4-2-3-5-10(9)8-11/h2-8,12H,1H3. The van der Waals surface area contributed by atoms with E-state index in [1.807, 2.05) is 42.5 Å². The molecule has 0 amide bonds. The van der Waals surface area contributed by atoms with Crippen molar-refractivity contribution in [1.29, 1.82) is 0 Å². The Morgan fingerprint density at radius 1 is 1.07 bits per heavy atom. The van der Waals surface area contributed by atoms with Gasteiger partial charge >= 0.3 is 0 Å². The molecular weight excluding hydrogens is 194 g/mol. The molecule has 0 spiro atoms. The maximum Gasteiger partial charge on any atom is 0.124 e. The van der Waals surface area contributed by atoms with Crippen LogP contribution < -0.4 is 4.72 Å². The lowest BCUT2D eigenvalue weighted by atomic mass is 10.1. The van der Waals surface area contributed by atoms with Crippen LogP contribution in [0.15, 0.2) is 47.4 Å². The minimum absolute atomic E-state index is 0.811. The number of hydrogen-bond donors (Lipinski definition) is 1. The van der Waals surface area contributed by atoms with E-state index in [-0.39, 0.29) is 0 Å². The van der Waals surface area contributed by atoms with Gasteiger partial charge in [0.2, 0.25) is 0 Å². The van der Waals surface area contributed by atoms with Crippen LogP contribution in [0.2, 0.25) is 0 Å². The molecule has 14 heavy (non-hydrogen) atoms. The maximum atomic E-state index is 11.5. The number of hydrogen-bond acceptors (Lipinski definition) is 1. The van der Waals surface area contributed by atoms with Gasteiger partial charge in [0.1, 0.15) is 11.0 Å². The Hall–Kier alpha value is -1.19. The van der Waals surface area contributed by atoms with Crippen molar-refractivity contribution in [3.63, 3.8) is 0 Å². The van der Waals surface area contributed by atoms with Crippen molar-refractivity contribution in [2.45, 2.75) is 4.90 Å². The highest BCUT2D eigenvalue weighted by Gasteiger charge is 2.01. The monoisotopic (exact) mass is 205 g/mol. The lowest BCUT2D eigenvalue weighted by molar-refractivity contribution is 0.678. The Morgan fingerprint density at radius 3 is 2.50 bits per heavy atom. The Labute approximate surface area is 85.5 Å². The van der Waals surface area contributed by atoms with E-state index in [9.17, 15) is 4.21 Å². The van der Waals surface area contributed by atoms with Crippen LogP contribution in [0, 0.1) is 0 Å². The first kappa shape index (κ1) is 9.37. The molecule has 2 aromatic carbocycles. The van der Waals surface area contributed by atoms with Crippen molar-refractivity contribution in [1.82, 2.24) is 4.72 Å². The molecule has 0 aliphatic heterocycles. The summed E-state index contributed by atoms with van der Waals surface area (Å²) in [4.78, 5) is 0.811. The van der Waals surface area contributed by atoms with Crippen LogP contribution in [0.3, 0.4) is 0 Å². The topological polar surface area (TPSA) is 29.1 Å². The molecule has 0 aliphatic carbocycles. The van der Waals surface area contributed by atoms with E-state index in [1.165, 1.54) is 5.39 Å². The summed E-state index contributed by atoms with van der Waals surface area (Å²) in [5, 5.41) is 2.29. The quantitative estimate of drug-likeness (QED) is 0.799. The van der Waals surface area contributed by atoms with E-state index >= 15 is 0 Å². The van der Waals surface area contributed by atoms with Crippen LogP contribution in [0.5, 0.6) is 0 Å². The van der Waals surface area contributed by atoms with Crippen molar-refractivity contribution in [2.75, 3.05) is 7.05 Å². The molecule has 2 nitrogen and oxygen atoms in total. The summed E-state index contributed by atoms with van der Waals surface area (Å²) >= 11 is 0. The third-order valence-electron chi connectivity index (χ3n) is 2.12. The van der Waals surface area contributed by atoms with E-state index in [4.69, 9.17) is 0 Å². The van der Waals surface area contributed by atoms with Crippen LogP contribution in [0.1, 0.15) is 0 Å². The van der Waals surface area contributed by atoms with Crippen LogP contribution in [-0.4, -0.2) is 11.3 Å². The zero-order valence-corrected chi connectivity index (χ0v) is 8.67. The van der Waals surface area contributed by atoms with Crippen LogP contribution in [0.25, 0.3) is 10.8 Å². The molecule has 1 N–H and O–H groups in total. The summed E-state index contributed by atoms with van der Waals surface area (Å²) < 4.78 is 14.2. The van der Waals surface area contributed by atoms with Gasteiger partial charge in [-0.25, -0.2) is 8.93 Å². The average Bonchev–Trinajstić information content (AvgIpc) is 2.27. The van der Waals surface area contributed by atoms with E-state index < -0.39 is 11.0 Å². The fourth-order valence-electron chi connectivity index (χ4n) is 1.40. The highest BCUT2D eigenvalue weighted by Crippen LogP contribution is 2.16. The van der Waals surface area contributed by atoms with Gasteiger partial charge < -0.3 is 0 Å². The summed E-state index contributed by atoms with van der Waals surface area (Å²) in [7, 11) is 0.589. The van der Waals surface area contributed by atoms with Gasteiger partial charge in [0.15, 0.2) is 0 Å². The summed E-state index contributed by atoms with van der Waals surface area (Å²) in [5.74, 6) is 0. The van der Waals surface area contributed by atoms with Gasteiger partial charge in [-0.2, -0.15) is 0 Å². The predicted molar refractivity (Wildman–Crippen MR) is 59.4 cm³/mol. The normalized spacial score (nSPS) is 12.9. The van der Waals surface area contributed by atoms with E-state index in [2.05, 4.69) is 4.72 Å². The van der Waals surface area contributed by atoms with Gasteiger partial charge in [0, 0.05) is 0 Å². The molecule has 0 aromatic heterocycles. The summed E-state index contributed by atoms with van der Waals surface area (Å²) in [6.07, 6.45) is 0. The zero-order valence-electron chi connectivity index (χ0n) is 7.86. The van der Waals surface area contributed by atoms with Gasteiger partial charge in [0.05, 0.1) is 4.90 Å². The fraction of sp³-hybridized carbons (Fsp3) is 0.0909. The number of benzene rings is 2. The van der Waals surface area contributed by atoms with E-state index in [0.717, 1.165) is 10.3 Å². The zero-order chi connectivity index (χ0) is 9.97. The number of fused-ring (bicyclic) bond motifs is 1. The largest absolute Gasteiger partial charge is 0.238 e. The molecule has 0 radical (unpaired) electrons. The lowest BCUT2D eigenvalue weighted by Gasteiger charge is -2.01. The molecule has 2 rings (SSSR count). The van der Waals surface area contributed by atoms with Gasteiger partial charge in [-0.05, 0) is 30.0 Å². The molecule has 0 saturated carbocycles. The first-order valence-electron chi connectivity index (χ1n) is 4.39. The number of rotatable bonds is 2. The molecule has 1 atom stereocenters. The Balaban J connectivity index is 2.56. The summed E-state index contributed by atoms with van der Waals surface area (Å²) in [6.45, 7) is 0. The van der Waals surface area contributed by atoms with Crippen molar-refractivity contribution in [3.8, 4) is 0 Å². The smallest absolute Gasteiger partial charge is 0.124 e. The second-order valence-electron chi connectivity index (χ2n) is 2.98. The van der Waals surface area contributed by atoms with Crippen molar-refractivity contribution in [2.24, 2.45) is 0 Å². The Kier molecular flexibility index (Phi) is 2.61. The van der Waals surface area contributed by atoms with Gasteiger partial charge in [0.25, 0.3) is 0 Å². The average molecular weight is 205 g/mol. The Morgan fingerprint density at radius 2 is 1.79 bits per heavy atom. The van der Waals surface area contributed by atoms with Crippen molar-refractivity contribution in [3.05, 3.63) is 42.5 Å². The molecular formula is C11H11NOS. The van der Waals surface area contributed by atoms with E-state index in [1.54, 1.807) is 7.05 Å². The van der Waals surface area contributed by atoms with Crippen LogP contribution in [0.4, 0.5) is 0 Å². The second-order valence-corrected chi connectivity index (χ2v) is 4.40. The summed E-state index contributed by atoms with van der Waals surface area (Å²) in [6, 6.07) is 13.9. The fourth-order valence-corrected chi connectivity index (χ4v) is 2.06. The minimum Gasteiger partial charge on any atom is -0.238 e. The molecule has 0 bridgehead atoms. The third-order valence-corrected chi connectivity index (χ3v) is 3.17. The maximum absolute atomic E-state index is 11.5. The third kappa shape index (κ3) is 1.69. The predicted octanol–water partition coefficient (Wildman–Crippen LogP) is 2.08. The molecule has 0 aliphatic rings. The summed E-state index contributed by atoms with van der Waals surface area (Å²) in [5.41, 5.74) is 0. The molecule has 1 unspecified atom stereocenters. The molecule has 0 fully saturated rings. The highest BCUT2D eigenvalue weighted by molar-refractivity contribution is 7.83. The Bertz CT molecular complexity index is 481. The van der Waals surface area contributed by atoms with E-state index in [0.29, 0.717) is 0 Å².